The van der Waals surface area contributed by atoms with Gasteiger partial charge in [0.2, 0.25) is 0 Å². The molecule has 28 heavy (non-hydrogen) atoms. The van der Waals surface area contributed by atoms with Crippen molar-refractivity contribution >= 4 is 29.9 Å². The van der Waals surface area contributed by atoms with Crippen LogP contribution >= 0.6 is 24.0 Å². The van der Waals surface area contributed by atoms with Crippen LogP contribution in [0.3, 0.4) is 0 Å². The molecule has 0 bridgehead atoms. The SMILES string of the molecule is CCOc1ccccc1CCNC(=NC)N1CCN(Cc2ccon2)CC1.I. The molecule has 1 aliphatic rings. The zero-order chi connectivity index (χ0) is 18.9. The Labute approximate surface area is 184 Å². The molecule has 154 valence electrons. The maximum atomic E-state index is 5.71. The van der Waals surface area contributed by atoms with Gasteiger partial charge in [0.15, 0.2) is 5.96 Å². The number of aromatic nitrogens is 1. The van der Waals surface area contributed by atoms with Gasteiger partial charge in [0.1, 0.15) is 12.0 Å². The molecule has 1 fully saturated rings. The van der Waals surface area contributed by atoms with Crippen molar-refractivity contribution in [3.8, 4) is 5.75 Å². The highest BCUT2D eigenvalue weighted by atomic mass is 127. The molecule has 1 saturated heterocycles. The van der Waals surface area contributed by atoms with E-state index in [9.17, 15) is 0 Å². The van der Waals surface area contributed by atoms with E-state index in [2.05, 4.69) is 37.4 Å². The topological polar surface area (TPSA) is 66.1 Å². The molecule has 0 amide bonds. The molecule has 2 heterocycles. The van der Waals surface area contributed by atoms with Gasteiger partial charge >= 0.3 is 0 Å². The predicted octanol–water partition coefficient (Wildman–Crippen LogP) is 2.63. The van der Waals surface area contributed by atoms with E-state index in [0.717, 1.165) is 63.1 Å². The average molecular weight is 499 g/mol. The summed E-state index contributed by atoms with van der Waals surface area (Å²) in [5.74, 6) is 1.93. The fraction of sp³-hybridized carbons (Fsp3) is 0.500. The lowest BCUT2D eigenvalue weighted by Gasteiger charge is -2.36. The number of benzene rings is 1. The standard InChI is InChI=1S/C20H29N5O2.HI/c1-3-26-19-7-5-4-6-17(19)8-10-22-20(21-2)25-13-11-24(12-14-25)16-18-9-15-27-23-18;/h4-7,9,15H,3,8,10-14,16H2,1-2H3,(H,21,22);1H. The summed E-state index contributed by atoms with van der Waals surface area (Å²) in [6.45, 7) is 8.24. The van der Waals surface area contributed by atoms with Gasteiger partial charge in [-0.15, -0.1) is 24.0 Å². The van der Waals surface area contributed by atoms with Crippen LogP contribution in [-0.4, -0.2) is 67.3 Å². The first kappa shape index (κ1) is 22.5. The van der Waals surface area contributed by atoms with E-state index < -0.39 is 0 Å². The second kappa shape index (κ2) is 11.9. The summed E-state index contributed by atoms with van der Waals surface area (Å²) in [6.07, 6.45) is 2.53. The van der Waals surface area contributed by atoms with Crippen LogP contribution < -0.4 is 10.1 Å². The third-order valence-electron chi connectivity index (χ3n) is 4.71. The van der Waals surface area contributed by atoms with Gasteiger partial charge in [-0.25, -0.2) is 0 Å². The summed E-state index contributed by atoms with van der Waals surface area (Å²) in [4.78, 5) is 9.16. The van der Waals surface area contributed by atoms with Gasteiger partial charge in [-0.3, -0.25) is 9.89 Å². The zero-order valence-corrected chi connectivity index (χ0v) is 19.0. The largest absolute Gasteiger partial charge is 0.494 e. The number of nitrogens with one attached hydrogen (secondary N) is 1. The van der Waals surface area contributed by atoms with Crippen LogP contribution in [0.4, 0.5) is 0 Å². The van der Waals surface area contributed by atoms with Gasteiger partial charge in [-0.2, -0.15) is 0 Å². The molecule has 3 rings (SSSR count). The molecular formula is C20H30IN5O2. The highest BCUT2D eigenvalue weighted by Gasteiger charge is 2.20. The van der Waals surface area contributed by atoms with Gasteiger partial charge in [0.05, 0.1) is 12.3 Å². The number of para-hydroxylation sites is 1. The van der Waals surface area contributed by atoms with Crippen LogP contribution in [-0.2, 0) is 13.0 Å². The van der Waals surface area contributed by atoms with Gasteiger partial charge in [-0.1, -0.05) is 23.4 Å². The van der Waals surface area contributed by atoms with Crippen molar-refractivity contribution in [1.82, 2.24) is 20.3 Å². The molecule has 0 saturated carbocycles. The minimum atomic E-state index is 0. The zero-order valence-electron chi connectivity index (χ0n) is 16.6. The number of hydrogen-bond donors (Lipinski definition) is 1. The third kappa shape index (κ3) is 6.37. The second-order valence-corrected chi connectivity index (χ2v) is 6.52. The van der Waals surface area contributed by atoms with E-state index in [1.165, 1.54) is 5.56 Å². The van der Waals surface area contributed by atoms with Crippen LogP contribution in [0.2, 0.25) is 0 Å². The van der Waals surface area contributed by atoms with E-state index in [4.69, 9.17) is 9.26 Å². The molecule has 0 aliphatic carbocycles. The summed E-state index contributed by atoms with van der Waals surface area (Å²) in [7, 11) is 1.85. The summed E-state index contributed by atoms with van der Waals surface area (Å²) < 4.78 is 10.6. The van der Waals surface area contributed by atoms with Crippen LogP contribution in [0, 0.1) is 0 Å². The first-order valence-corrected chi connectivity index (χ1v) is 9.58. The van der Waals surface area contributed by atoms with Gasteiger partial charge < -0.3 is 19.5 Å². The van der Waals surface area contributed by atoms with Crippen molar-refractivity contribution in [2.45, 2.75) is 19.9 Å². The quantitative estimate of drug-likeness (QED) is 0.359. The lowest BCUT2D eigenvalue weighted by atomic mass is 10.1. The molecule has 1 aromatic carbocycles. The molecule has 2 aromatic rings. The van der Waals surface area contributed by atoms with Crippen molar-refractivity contribution in [3.63, 3.8) is 0 Å². The number of guanidine groups is 1. The van der Waals surface area contributed by atoms with Gasteiger partial charge in [-0.05, 0) is 25.0 Å². The maximum Gasteiger partial charge on any atom is 0.193 e. The Morgan fingerprint density at radius 2 is 2.00 bits per heavy atom. The summed E-state index contributed by atoms with van der Waals surface area (Å²) in [5, 5.41) is 7.49. The molecule has 8 heteroatoms. The first-order valence-electron chi connectivity index (χ1n) is 9.58. The monoisotopic (exact) mass is 499 g/mol. The number of ether oxygens (including phenoxy) is 1. The summed E-state index contributed by atoms with van der Waals surface area (Å²) >= 11 is 0. The Morgan fingerprint density at radius 3 is 2.68 bits per heavy atom. The second-order valence-electron chi connectivity index (χ2n) is 6.52. The lowest BCUT2D eigenvalue weighted by molar-refractivity contribution is 0.169. The van der Waals surface area contributed by atoms with Gasteiger partial charge in [0, 0.05) is 52.4 Å². The fourth-order valence-electron chi connectivity index (χ4n) is 3.31. The molecule has 1 aliphatic heterocycles. The average Bonchev–Trinajstić information content (AvgIpc) is 3.21. The first-order chi connectivity index (χ1) is 13.3. The number of aliphatic imine (C=N–C) groups is 1. The summed E-state index contributed by atoms with van der Waals surface area (Å²) in [6, 6.07) is 10.1. The van der Waals surface area contributed by atoms with E-state index in [1.807, 2.05) is 32.2 Å². The number of nitrogens with zero attached hydrogens (tertiary/aromatic N) is 4. The third-order valence-corrected chi connectivity index (χ3v) is 4.71. The Hall–Kier alpha value is -1.81. The molecule has 0 atom stereocenters. The van der Waals surface area contributed by atoms with E-state index in [1.54, 1.807) is 6.26 Å². The van der Waals surface area contributed by atoms with Crippen LogP contribution in [0.5, 0.6) is 5.75 Å². The van der Waals surface area contributed by atoms with Crippen molar-refractivity contribution in [2.24, 2.45) is 4.99 Å². The minimum Gasteiger partial charge on any atom is -0.494 e. The van der Waals surface area contributed by atoms with E-state index in [0.29, 0.717) is 6.61 Å². The highest BCUT2D eigenvalue weighted by Crippen LogP contribution is 2.18. The van der Waals surface area contributed by atoms with Crippen LogP contribution in [0.1, 0.15) is 18.2 Å². The van der Waals surface area contributed by atoms with Crippen molar-refractivity contribution in [3.05, 3.63) is 47.9 Å². The molecule has 1 aromatic heterocycles. The molecule has 7 nitrogen and oxygen atoms in total. The van der Waals surface area contributed by atoms with Gasteiger partial charge in [0.25, 0.3) is 0 Å². The fourth-order valence-corrected chi connectivity index (χ4v) is 3.31. The molecule has 0 spiro atoms. The predicted molar refractivity (Wildman–Crippen MR) is 121 cm³/mol. The highest BCUT2D eigenvalue weighted by molar-refractivity contribution is 14.0. The molecule has 0 unspecified atom stereocenters. The Kier molecular flexibility index (Phi) is 9.56. The van der Waals surface area contributed by atoms with Crippen LogP contribution in [0.25, 0.3) is 0 Å². The number of rotatable bonds is 7. The number of hydrogen-bond acceptors (Lipinski definition) is 5. The van der Waals surface area contributed by atoms with Crippen LogP contribution in [0.15, 0.2) is 46.1 Å². The maximum absolute atomic E-state index is 5.71. The molecular weight excluding hydrogens is 469 g/mol. The minimum absolute atomic E-state index is 0. The molecule has 0 radical (unpaired) electrons. The molecule has 1 N–H and O–H groups in total. The van der Waals surface area contributed by atoms with Crippen molar-refractivity contribution in [1.29, 1.82) is 0 Å². The summed E-state index contributed by atoms with van der Waals surface area (Å²) in [5.41, 5.74) is 2.21. The normalized spacial score (nSPS) is 15.2. The van der Waals surface area contributed by atoms with Crippen molar-refractivity contribution in [2.75, 3.05) is 46.4 Å². The smallest absolute Gasteiger partial charge is 0.193 e. The number of halogens is 1. The number of piperazine rings is 1. The lowest BCUT2D eigenvalue weighted by Crippen LogP contribution is -2.52. The van der Waals surface area contributed by atoms with Crippen molar-refractivity contribution < 1.29 is 9.26 Å². The Morgan fingerprint density at radius 1 is 1.21 bits per heavy atom. The Bertz CT molecular complexity index is 715. The Balaban J connectivity index is 0.00000280. The van der Waals surface area contributed by atoms with E-state index in [-0.39, 0.29) is 24.0 Å². The van der Waals surface area contributed by atoms with E-state index >= 15 is 0 Å².